The van der Waals surface area contributed by atoms with Crippen molar-refractivity contribution in [2.24, 2.45) is 0 Å². The average Bonchev–Trinajstić information content (AvgIpc) is 3.18. The number of carbonyl (C=O) groups excluding carboxylic acids is 1. The highest BCUT2D eigenvalue weighted by Gasteiger charge is 2.11. The highest BCUT2D eigenvalue weighted by Crippen LogP contribution is 2.19. The summed E-state index contributed by atoms with van der Waals surface area (Å²) in [5.41, 5.74) is 2.72. The van der Waals surface area contributed by atoms with E-state index in [0.717, 1.165) is 30.7 Å². The molecule has 1 amide bonds. The molecule has 0 bridgehead atoms. The maximum Gasteiger partial charge on any atom is 0.251 e. The monoisotopic (exact) mass is 451 g/mol. The molecule has 0 atom stereocenters. The zero-order valence-electron chi connectivity index (χ0n) is 20.0. The van der Waals surface area contributed by atoms with Crippen molar-refractivity contribution in [3.8, 4) is 0 Å². The molecule has 3 rings (SSSR count). The summed E-state index contributed by atoms with van der Waals surface area (Å²) in [5.74, 6) is 0.586. The number of rotatable bonds is 15. The van der Waals surface area contributed by atoms with Crippen molar-refractivity contribution in [3.05, 3.63) is 65.7 Å². The largest absolute Gasteiger partial charge is 0.352 e. The van der Waals surface area contributed by atoms with E-state index in [1.807, 2.05) is 6.07 Å². The van der Waals surface area contributed by atoms with Gasteiger partial charge in [-0.2, -0.15) is 0 Å². The van der Waals surface area contributed by atoms with Gasteiger partial charge >= 0.3 is 0 Å². The lowest BCUT2D eigenvalue weighted by molar-refractivity contribution is 0.0953. The number of imidazole rings is 1. The molecule has 33 heavy (non-hydrogen) atoms. The van der Waals surface area contributed by atoms with Crippen LogP contribution in [0.5, 0.6) is 0 Å². The quantitative estimate of drug-likeness (QED) is 0.251. The molecule has 0 spiro atoms. The van der Waals surface area contributed by atoms with E-state index in [4.69, 9.17) is 4.98 Å². The van der Waals surface area contributed by atoms with Crippen molar-refractivity contribution in [2.75, 3.05) is 6.54 Å². The van der Waals surface area contributed by atoms with Gasteiger partial charge < -0.3 is 9.88 Å². The Balaban J connectivity index is 1.45. The molecule has 4 nitrogen and oxygen atoms in total. The first kappa shape index (κ1) is 24.9. The number of hydrogen-bond acceptors (Lipinski definition) is 2. The molecule has 0 saturated carbocycles. The van der Waals surface area contributed by atoms with Gasteiger partial charge in [0.2, 0.25) is 0 Å². The van der Waals surface area contributed by atoms with Crippen LogP contribution in [0.4, 0.5) is 4.39 Å². The van der Waals surface area contributed by atoms with Gasteiger partial charge in [-0.1, -0.05) is 70.4 Å². The van der Waals surface area contributed by atoms with E-state index in [9.17, 15) is 9.18 Å². The SMILES string of the molecule is CCCCCCCCCCCn1c(CCCNC(=O)c2ccc(F)cc2)nc2ccccc21. The van der Waals surface area contributed by atoms with Crippen LogP contribution in [0.2, 0.25) is 0 Å². The number of aryl methyl sites for hydroxylation is 2. The van der Waals surface area contributed by atoms with Crippen LogP contribution in [0.1, 0.15) is 87.3 Å². The standard InChI is InChI=1S/C28H38FN3O/c1-2-3-4-5-6-7-8-9-12-22-32-26-15-11-10-14-25(26)31-27(32)16-13-21-30-28(33)23-17-19-24(29)20-18-23/h10-11,14-15,17-20H,2-9,12-13,16,21-22H2,1H3,(H,30,33). The number of fused-ring (bicyclic) bond motifs is 1. The van der Waals surface area contributed by atoms with E-state index in [1.54, 1.807) is 0 Å². The molecule has 0 aliphatic rings. The molecule has 0 radical (unpaired) electrons. The Morgan fingerprint density at radius 1 is 0.879 bits per heavy atom. The first-order valence-corrected chi connectivity index (χ1v) is 12.7. The summed E-state index contributed by atoms with van der Waals surface area (Å²) >= 11 is 0. The Labute approximate surface area is 197 Å². The minimum atomic E-state index is -0.336. The highest BCUT2D eigenvalue weighted by molar-refractivity contribution is 5.94. The van der Waals surface area contributed by atoms with Crippen LogP contribution in [0.3, 0.4) is 0 Å². The third-order valence-electron chi connectivity index (χ3n) is 6.19. The van der Waals surface area contributed by atoms with Crippen LogP contribution in [0, 0.1) is 5.82 Å². The number of hydrogen-bond donors (Lipinski definition) is 1. The molecule has 0 unspecified atom stereocenters. The number of para-hydroxylation sites is 2. The Hall–Kier alpha value is -2.69. The number of halogens is 1. The number of carbonyl (C=O) groups is 1. The van der Waals surface area contributed by atoms with Crippen molar-refractivity contribution in [2.45, 2.75) is 84.1 Å². The number of aromatic nitrogens is 2. The molecule has 2 aromatic carbocycles. The Morgan fingerprint density at radius 2 is 1.55 bits per heavy atom. The first-order valence-electron chi connectivity index (χ1n) is 12.7. The van der Waals surface area contributed by atoms with Crippen molar-refractivity contribution >= 4 is 16.9 Å². The fourth-order valence-electron chi connectivity index (χ4n) is 4.30. The fourth-order valence-corrected chi connectivity index (χ4v) is 4.30. The zero-order chi connectivity index (χ0) is 23.3. The topological polar surface area (TPSA) is 46.9 Å². The molecule has 0 aliphatic carbocycles. The highest BCUT2D eigenvalue weighted by atomic mass is 19.1. The molecular weight excluding hydrogens is 413 g/mol. The molecule has 5 heteroatoms. The van der Waals surface area contributed by atoms with Gasteiger partial charge in [-0.3, -0.25) is 4.79 Å². The second-order valence-corrected chi connectivity index (χ2v) is 8.86. The summed E-state index contributed by atoms with van der Waals surface area (Å²) in [5, 5.41) is 2.93. The third kappa shape index (κ3) is 7.99. The lowest BCUT2D eigenvalue weighted by atomic mass is 10.1. The van der Waals surface area contributed by atoms with E-state index in [0.29, 0.717) is 12.1 Å². The number of unbranched alkanes of at least 4 members (excludes halogenated alkanes) is 8. The predicted octanol–water partition coefficient (Wildman–Crippen LogP) is 7.07. The van der Waals surface area contributed by atoms with Crippen molar-refractivity contribution in [1.29, 1.82) is 0 Å². The van der Waals surface area contributed by atoms with E-state index >= 15 is 0 Å². The lowest BCUT2D eigenvalue weighted by Gasteiger charge is -2.10. The molecule has 0 aliphatic heterocycles. The summed E-state index contributed by atoms with van der Waals surface area (Å²) in [6.07, 6.45) is 13.5. The normalized spacial score (nSPS) is 11.2. The lowest BCUT2D eigenvalue weighted by Crippen LogP contribution is -2.25. The summed E-state index contributed by atoms with van der Waals surface area (Å²) in [6, 6.07) is 14.0. The molecule has 1 N–H and O–H groups in total. The molecule has 1 aromatic heterocycles. The van der Waals surface area contributed by atoms with Gasteiger partial charge in [0.25, 0.3) is 5.91 Å². The van der Waals surface area contributed by atoms with Gasteiger partial charge in [0.15, 0.2) is 0 Å². The molecular formula is C28H38FN3O. The summed E-state index contributed by atoms with van der Waals surface area (Å²) in [6.45, 7) is 3.82. The summed E-state index contributed by atoms with van der Waals surface area (Å²) in [7, 11) is 0. The number of amides is 1. The maximum absolute atomic E-state index is 13.0. The third-order valence-corrected chi connectivity index (χ3v) is 6.19. The van der Waals surface area contributed by atoms with Crippen LogP contribution in [-0.4, -0.2) is 22.0 Å². The minimum Gasteiger partial charge on any atom is -0.352 e. The zero-order valence-corrected chi connectivity index (χ0v) is 20.0. The Bertz CT molecular complexity index is 980. The molecule has 0 saturated heterocycles. The van der Waals surface area contributed by atoms with Gasteiger partial charge in [-0.25, -0.2) is 9.37 Å². The summed E-state index contributed by atoms with van der Waals surface area (Å²) < 4.78 is 15.4. The number of benzene rings is 2. The second-order valence-electron chi connectivity index (χ2n) is 8.86. The van der Waals surface area contributed by atoms with E-state index in [2.05, 4.69) is 35.0 Å². The van der Waals surface area contributed by atoms with Crippen molar-refractivity contribution in [3.63, 3.8) is 0 Å². The molecule has 3 aromatic rings. The van der Waals surface area contributed by atoms with Crippen molar-refractivity contribution < 1.29 is 9.18 Å². The first-order chi connectivity index (χ1) is 16.2. The van der Waals surface area contributed by atoms with E-state index < -0.39 is 0 Å². The van der Waals surface area contributed by atoms with Gasteiger partial charge in [0.05, 0.1) is 11.0 Å². The number of nitrogens with zero attached hydrogens (tertiary/aromatic N) is 2. The van der Waals surface area contributed by atoms with Gasteiger partial charge in [-0.15, -0.1) is 0 Å². The molecule has 1 heterocycles. The van der Waals surface area contributed by atoms with Gasteiger partial charge in [-0.05, 0) is 49.2 Å². The summed E-state index contributed by atoms with van der Waals surface area (Å²) in [4.78, 5) is 17.1. The molecule has 178 valence electrons. The van der Waals surface area contributed by atoms with Crippen molar-refractivity contribution in [1.82, 2.24) is 14.9 Å². The van der Waals surface area contributed by atoms with Crippen LogP contribution < -0.4 is 5.32 Å². The van der Waals surface area contributed by atoms with E-state index in [1.165, 1.54) is 87.6 Å². The van der Waals surface area contributed by atoms with Crippen LogP contribution in [0.15, 0.2) is 48.5 Å². The Morgan fingerprint density at radius 3 is 2.27 bits per heavy atom. The molecule has 0 fully saturated rings. The average molecular weight is 452 g/mol. The fraction of sp³-hybridized carbons (Fsp3) is 0.500. The van der Waals surface area contributed by atoms with Crippen LogP contribution in [0.25, 0.3) is 11.0 Å². The smallest absolute Gasteiger partial charge is 0.251 e. The van der Waals surface area contributed by atoms with Gasteiger partial charge in [0.1, 0.15) is 11.6 Å². The van der Waals surface area contributed by atoms with Gasteiger partial charge in [0, 0.05) is 25.1 Å². The Kier molecular flexibility index (Phi) is 10.4. The van der Waals surface area contributed by atoms with Crippen LogP contribution in [-0.2, 0) is 13.0 Å². The minimum absolute atomic E-state index is 0.168. The maximum atomic E-state index is 13.0. The van der Waals surface area contributed by atoms with E-state index in [-0.39, 0.29) is 11.7 Å². The van der Waals surface area contributed by atoms with Crippen LogP contribution >= 0.6 is 0 Å². The second kappa shape index (κ2) is 13.8. The predicted molar refractivity (Wildman–Crippen MR) is 134 cm³/mol. The number of nitrogens with one attached hydrogen (secondary N) is 1.